The standard InChI is InChI=1S/C56H62N4O16S2/c1-8-9-10-11-15-18-45(49-38(22-25-77-34(5)61)43(63)29-44(64)51(49)59-55(66)71-7)76-54-47(28-39(33(4)74-54)53(65)52-50-37(21-23-57-52)40-27-35(62)19-20-41(40)58-50)75-48-30-46(70-6)42(31-73-48)60(32(2)3)56(67)72-24-26-78(68,69)36-16-13-12-14-17-36/h10-14,16-17,19-23,27,32-33,39,42-43,45-48,54,58,62-63H,24-26,28-31H2,1-7H3,(H,59,66)/b11-10-,38-22-/t33?,39?,42?,43-,45-,46?,47?,48?,54?/m0/s1. The summed E-state index contributed by atoms with van der Waals surface area (Å²) in [6.45, 7) is 7.65. The minimum atomic E-state index is -3.76. The zero-order valence-corrected chi connectivity index (χ0v) is 45.7. The summed E-state index contributed by atoms with van der Waals surface area (Å²) in [5.74, 6) is 8.97. The third-order valence-electron chi connectivity index (χ3n) is 13.3. The van der Waals surface area contributed by atoms with Crippen molar-refractivity contribution in [2.24, 2.45) is 5.92 Å². The van der Waals surface area contributed by atoms with E-state index in [0.29, 0.717) is 21.8 Å². The van der Waals surface area contributed by atoms with Gasteiger partial charge in [-0.05, 0) is 88.2 Å². The number of nitrogens with one attached hydrogen (secondary N) is 2. The number of allylic oxidation sites excluding steroid dienone is 3. The van der Waals surface area contributed by atoms with E-state index in [4.69, 9.17) is 33.2 Å². The van der Waals surface area contributed by atoms with Crippen molar-refractivity contribution in [2.45, 2.75) is 114 Å². The number of hydrogen-bond acceptors (Lipinski definition) is 18. The van der Waals surface area contributed by atoms with E-state index in [0.717, 1.165) is 18.9 Å². The number of aliphatic hydroxyl groups excluding tert-OH is 1. The third kappa shape index (κ3) is 14.1. The molecule has 4 aromatic rings. The molecule has 9 atom stereocenters. The molecule has 0 bridgehead atoms. The molecule has 20 nitrogen and oxygen atoms in total. The van der Waals surface area contributed by atoms with Gasteiger partial charge >= 0.3 is 12.2 Å². The number of phenols is 1. The Balaban J connectivity index is 1.24. The molecule has 78 heavy (non-hydrogen) atoms. The smallest absolute Gasteiger partial charge is 0.411 e. The summed E-state index contributed by atoms with van der Waals surface area (Å²) in [4.78, 5) is 76.9. The van der Waals surface area contributed by atoms with Crippen LogP contribution in [-0.4, -0.2) is 156 Å². The summed E-state index contributed by atoms with van der Waals surface area (Å²) in [6, 6.07) is 13.1. The van der Waals surface area contributed by atoms with Gasteiger partial charge in [-0.1, -0.05) is 53.8 Å². The van der Waals surface area contributed by atoms with Gasteiger partial charge in [-0.3, -0.25) is 29.6 Å². The maximum Gasteiger partial charge on any atom is 0.411 e. The zero-order chi connectivity index (χ0) is 56.3. The average molecular weight is 1110 g/mol. The number of thioether (sulfide) groups is 1. The van der Waals surface area contributed by atoms with Crippen molar-refractivity contribution in [3.63, 3.8) is 0 Å². The number of ketones is 2. The second-order valence-corrected chi connectivity index (χ2v) is 22.0. The van der Waals surface area contributed by atoms with Crippen LogP contribution in [0.1, 0.15) is 64.4 Å². The lowest BCUT2D eigenvalue weighted by Crippen LogP contribution is -2.58. The summed E-state index contributed by atoms with van der Waals surface area (Å²) < 4.78 is 69.0. The van der Waals surface area contributed by atoms with Crippen LogP contribution in [0.4, 0.5) is 9.59 Å². The van der Waals surface area contributed by atoms with Crippen LogP contribution < -0.4 is 5.32 Å². The lowest BCUT2D eigenvalue weighted by atomic mass is 9.84. The van der Waals surface area contributed by atoms with Gasteiger partial charge in [-0.2, -0.15) is 0 Å². The minimum Gasteiger partial charge on any atom is -0.508 e. The number of aromatic amines is 1. The van der Waals surface area contributed by atoms with E-state index >= 15 is 0 Å². The monoisotopic (exact) mass is 1110 g/mol. The number of benzene rings is 2. The number of aromatic hydroxyl groups is 1. The first-order chi connectivity index (χ1) is 37.3. The summed E-state index contributed by atoms with van der Waals surface area (Å²) in [5, 5.41) is 25.4. The molecule has 7 rings (SSSR count). The molecular weight excluding hydrogens is 1050 g/mol. The molecule has 2 fully saturated rings. The number of carbonyl (C=O) groups excluding carboxylic acids is 5. The summed E-state index contributed by atoms with van der Waals surface area (Å²) >= 11 is 0.938. The van der Waals surface area contributed by atoms with Gasteiger partial charge in [-0.15, -0.1) is 5.92 Å². The molecule has 0 saturated carbocycles. The maximum absolute atomic E-state index is 15.0. The number of ether oxygens (including phenoxy) is 7. The first-order valence-electron chi connectivity index (χ1n) is 25.0. The quantitative estimate of drug-likeness (QED) is 0.0666. The van der Waals surface area contributed by atoms with Gasteiger partial charge in [0.1, 0.15) is 30.3 Å². The lowest BCUT2D eigenvalue weighted by molar-refractivity contribution is -0.306. The molecule has 2 amide bonds. The van der Waals surface area contributed by atoms with Gasteiger partial charge in [0.2, 0.25) is 0 Å². The molecule has 3 aliphatic rings. The number of aliphatic hydroxyl groups is 1. The van der Waals surface area contributed by atoms with Gasteiger partial charge < -0.3 is 48.4 Å². The number of alkyl carbamates (subject to hydrolysis) is 1. The first-order valence-corrected chi connectivity index (χ1v) is 27.7. The van der Waals surface area contributed by atoms with E-state index in [2.05, 4.69) is 39.0 Å². The lowest BCUT2D eigenvalue weighted by Gasteiger charge is -2.45. The van der Waals surface area contributed by atoms with E-state index in [-0.39, 0.29) is 63.5 Å². The predicted octanol–water partition coefficient (Wildman–Crippen LogP) is 6.31. The Hall–Kier alpha value is -6.86. The Morgan fingerprint density at radius 1 is 1.04 bits per heavy atom. The Labute approximate surface area is 456 Å². The number of H-pyrrole nitrogens is 1. The fraction of sp³-hybridized carbons (Fsp3) is 0.429. The number of phenolic OH excluding ortho intramolecular Hbond substituents is 1. The number of aromatic nitrogens is 2. The number of fused-ring (bicyclic) bond motifs is 3. The zero-order valence-electron chi connectivity index (χ0n) is 44.0. The summed E-state index contributed by atoms with van der Waals surface area (Å²) in [5.41, 5.74) is 0.962. The van der Waals surface area contributed by atoms with Gasteiger partial charge in [0, 0.05) is 66.7 Å². The number of sulfone groups is 1. The number of hydrogen-bond donors (Lipinski definition) is 4. The van der Waals surface area contributed by atoms with Crippen LogP contribution in [0, 0.1) is 29.6 Å². The van der Waals surface area contributed by atoms with Crippen LogP contribution in [0.5, 0.6) is 5.75 Å². The van der Waals surface area contributed by atoms with Crippen LogP contribution in [0.2, 0.25) is 0 Å². The molecule has 1 aliphatic carbocycles. The number of Topliss-reactive ketones (excluding diaryl/α,β-unsaturated/α-hetero) is 2. The highest BCUT2D eigenvalue weighted by Gasteiger charge is 2.47. The third-order valence-corrected chi connectivity index (χ3v) is 15.7. The van der Waals surface area contributed by atoms with Crippen LogP contribution in [0.15, 0.2) is 101 Å². The molecule has 2 aliphatic heterocycles. The van der Waals surface area contributed by atoms with Crippen LogP contribution >= 0.6 is 11.8 Å². The molecule has 7 unspecified atom stereocenters. The molecule has 0 radical (unpaired) electrons. The summed E-state index contributed by atoms with van der Waals surface area (Å²) in [6.07, 6.45) is -4.70. The number of pyridine rings is 1. The predicted molar refractivity (Wildman–Crippen MR) is 287 cm³/mol. The Morgan fingerprint density at radius 2 is 1.79 bits per heavy atom. The summed E-state index contributed by atoms with van der Waals surface area (Å²) in [7, 11) is -1.19. The largest absolute Gasteiger partial charge is 0.508 e. The van der Waals surface area contributed by atoms with Crippen molar-refractivity contribution in [1.82, 2.24) is 20.2 Å². The number of rotatable bonds is 17. The van der Waals surface area contributed by atoms with Gasteiger partial charge in [0.05, 0.1) is 65.9 Å². The van der Waals surface area contributed by atoms with Crippen molar-refractivity contribution in [3.05, 3.63) is 102 Å². The van der Waals surface area contributed by atoms with Gasteiger partial charge in [0.25, 0.3) is 0 Å². The number of methoxy groups -OCH3 is 2. The van der Waals surface area contributed by atoms with Crippen LogP contribution in [-0.2, 0) is 52.6 Å². The van der Waals surface area contributed by atoms with Gasteiger partial charge in [-0.25, -0.2) is 18.0 Å². The molecule has 0 spiro atoms. The highest BCUT2D eigenvalue weighted by atomic mass is 32.2. The van der Waals surface area contributed by atoms with E-state index in [9.17, 15) is 42.6 Å². The normalized spacial score (nSPS) is 23.6. The second-order valence-electron chi connectivity index (χ2n) is 18.7. The fourth-order valence-electron chi connectivity index (χ4n) is 9.53. The second kappa shape index (κ2) is 26.7. The highest BCUT2D eigenvalue weighted by Crippen LogP contribution is 2.39. The van der Waals surface area contributed by atoms with Crippen molar-refractivity contribution in [3.8, 4) is 29.4 Å². The van der Waals surface area contributed by atoms with Crippen molar-refractivity contribution >= 4 is 72.3 Å². The molecule has 4 heterocycles. The first kappa shape index (κ1) is 58.8. The van der Waals surface area contributed by atoms with Crippen molar-refractivity contribution < 1.29 is 75.8 Å². The van der Waals surface area contributed by atoms with Crippen LogP contribution in [0.25, 0.3) is 21.8 Å². The van der Waals surface area contributed by atoms with E-state index in [1.165, 1.54) is 55.5 Å². The van der Waals surface area contributed by atoms with Crippen LogP contribution in [0.3, 0.4) is 0 Å². The topological polar surface area (TPSA) is 269 Å². The number of carbonyl (C=O) groups is 5. The maximum atomic E-state index is 15.0. The van der Waals surface area contributed by atoms with Crippen molar-refractivity contribution in [2.75, 3.05) is 38.9 Å². The van der Waals surface area contributed by atoms with Crippen molar-refractivity contribution in [1.29, 1.82) is 0 Å². The van der Waals surface area contributed by atoms with E-state index in [1.807, 2.05) is 0 Å². The molecule has 414 valence electrons. The molecule has 2 aromatic heterocycles. The average Bonchev–Trinajstić information content (AvgIpc) is 3.94. The Bertz CT molecular complexity index is 3220. The van der Waals surface area contributed by atoms with Gasteiger partial charge in [0.15, 0.2) is 39.1 Å². The molecule has 2 aromatic carbocycles. The molecule has 4 N–H and O–H groups in total. The number of amides is 2. The molecule has 2 saturated heterocycles. The Morgan fingerprint density at radius 3 is 2.50 bits per heavy atom. The molecule has 22 heteroatoms. The fourth-order valence-corrected chi connectivity index (χ4v) is 11.1. The minimum absolute atomic E-state index is 0.00640. The van der Waals surface area contributed by atoms with E-state index in [1.54, 1.807) is 70.2 Å². The SMILES string of the molecule is CC#C/C=C\C#C[C@H](OC1OC(C)C(C(=O)c2nccc3c2[nH]c2ccc(O)cc23)CC1OC1CC(OC)C(N(C(=O)OCCS(=O)(=O)c2ccccc2)C(C)C)CO1)C1=C(NC(=O)OC)C(=O)C[C@H](O)/C1=C/CSC(C)=O. The highest BCUT2D eigenvalue weighted by molar-refractivity contribution is 8.13. The van der Waals surface area contributed by atoms with E-state index < -0.39 is 113 Å². The molecular formula is C56H62N4O16S2. The Kier molecular flexibility index (Phi) is 20.1. The number of nitrogens with zero attached hydrogens (tertiary/aromatic N) is 2.